The first-order chi connectivity index (χ1) is 14.5. The largest absolute Gasteiger partial charge is 0.355 e. The molecule has 0 spiro atoms. The van der Waals surface area contributed by atoms with Crippen LogP contribution in [0.15, 0.2) is 60.7 Å². The second kappa shape index (κ2) is 12.0. The molecule has 1 N–H and O–H groups in total. The molecule has 0 radical (unpaired) electrons. The molecule has 0 saturated carbocycles. The predicted octanol–water partition coefficient (Wildman–Crippen LogP) is 6.20. The highest BCUT2D eigenvalue weighted by molar-refractivity contribution is 7.55. The molecule has 164 valence electrons. The smallest absolute Gasteiger partial charge is 0.335 e. The van der Waals surface area contributed by atoms with Gasteiger partial charge in [0.1, 0.15) is 5.28 Å². The lowest BCUT2D eigenvalue weighted by molar-refractivity contribution is 0.0890. The van der Waals surface area contributed by atoms with Gasteiger partial charge in [0.25, 0.3) is 5.91 Å². The van der Waals surface area contributed by atoms with Gasteiger partial charge in [-0.3, -0.25) is 9.36 Å². The van der Waals surface area contributed by atoms with Crippen LogP contribution in [-0.4, -0.2) is 24.4 Å². The Labute approximate surface area is 180 Å². The molecule has 6 heteroatoms. The Hall–Kier alpha value is -1.94. The van der Waals surface area contributed by atoms with Gasteiger partial charge in [-0.1, -0.05) is 61.9 Å². The summed E-state index contributed by atoms with van der Waals surface area (Å²) in [5.74, 6) is -0.261. The number of hydrogen-bond acceptors (Lipinski definition) is 4. The van der Waals surface area contributed by atoms with Crippen molar-refractivity contribution in [1.82, 2.24) is 5.32 Å². The van der Waals surface area contributed by atoms with Crippen LogP contribution < -0.4 is 5.32 Å². The van der Waals surface area contributed by atoms with Crippen molar-refractivity contribution in [1.29, 1.82) is 0 Å². The molecule has 2 aromatic carbocycles. The fourth-order valence-electron chi connectivity index (χ4n) is 3.73. The number of hydrogen-bond donors (Lipinski definition) is 1. The van der Waals surface area contributed by atoms with E-state index in [1.54, 1.807) is 26.0 Å². The minimum absolute atomic E-state index is 0.253. The molecule has 0 aliphatic rings. The molecule has 2 aromatic rings. The molecule has 0 bridgehead atoms. The summed E-state index contributed by atoms with van der Waals surface area (Å²) in [5, 5.41) is 2.02. The van der Waals surface area contributed by atoms with Gasteiger partial charge in [0.15, 0.2) is 0 Å². The maximum atomic E-state index is 14.0. The normalized spacial score (nSPS) is 13.6. The zero-order chi connectivity index (χ0) is 21.9. The summed E-state index contributed by atoms with van der Waals surface area (Å²) in [6, 6.07) is 19.2. The van der Waals surface area contributed by atoms with Gasteiger partial charge in [-0.15, -0.1) is 0 Å². The van der Waals surface area contributed by atoms with Crippen molar-refractivity contribution in [3.8, 4) is 0 Å². The van der Waals surface area contributed by atoms with Gasteiger partial charge in [-0.2, -0.15) is 0 Å². The number of amides is 1. The van der Waals surface area contributed by atoms with E-state index >= 15 is 0 Å². The Kier molecular flexibility index (Phi) is 9.77. The summed E-state index contributed by atoms with van der Waals surface area (Å²) in [6.07, 6.45) is 3.34. The third kappa shape index (κ3) is 6.28. The van der Waals surface area contributed by atoms with Crippen LogP contribution in [0, 0.1) is 0 Å². The van der Waals surface area contributed by atoms with Crippen molar-refractivity contribution >= 4 is 13.5 Å². The summed E-state index contributed by atoms with van der Waals surface area (Å²) < 4.78 is 25.5. The standard InChI is InChI=1S/C24H34NO4P/c1-4-19-24(30(27,28-5-2)29-6-3,20-13-16-21-14-9-7-10-15-21)25-23(26)22-17-11-8-12-18-22/h7-12,14-15,17-18H,4-6,13,16,19-20H2,1-3H3,(H,25,26)/t24-/m1/s1. The van der Waals surface area contributed by atoms with Crippen LogP contribution in [-0.2, 0) is 20.0 Å². The summed E-state index contributed by atoms with van der Waals surface area (Å²) in [5.41, 5.74) is 1.74. The van der Waals surface area contributed by atoms with Crippen LogP contribution in [0.25, 0.3) is 0 Å². The van der Waals surface area contributed by atoms with Crippen molar-refractivity contribution in [2.75, 3.05) is 13.2 Å². The molecule has 2 rings (SSSR count). The van der Waals surface area contributed by atoms with Crippen molar-refractivity contribution in [3.05, 3.63) is 71.8 Å². The Balaban J connectivity index is 2.35. The van der Waals surface area contributed by atoms with E-state index in [-0.39, 0.29) is 19.1 Å². The van der Waals surface area contributed by atoms with Gasteiger partial charge in [-0.05, 0) is 57.2 Å². The van der Waals surface area contributed by atoms with Crippen LogP contribution in [0.1, 0.15) is 62.4 Å². The number of carbonyl (C=O) groups excluding carboxylic acids is 1. The molecule has 1 amide bonds. The topological polar surface area (TPSA) is 64.6 Å². The molecular weight excluding hydrogens is 397 g/mol. The lowest BCUT2D eigenvalue weighted by Gasteiger charge is -2.39. The second-order valence-corrected chi connectivity index (χ2v) is 9.64. The summed E-state index contributed by atoms with van der Waals surface area (Å²) in [4.78, 5) is 13.1. The molecule has 0 aliphatic heterocycles. The minimum atomic E-state index is -3.60. The Morgan fingerprint density at radius 1 is 0.900 bits per heavy atom. The van der Waals surface area contributed by atoms with E-state index in [1.165, 1.54) is 5.56 Å². The zero-order valence-corrected chi connectivity index (χ0v) is 19.2. The van der Waals surface area contributed by atoms with Crippen molar-refractivity contribution < 1.29 is 18.4 Å². The predicted molar refractivity (Wildman–Crippen MR) is 122 cm³/mol. The quantitative estimate of drug-likeness (QED) is 0.383. The second-order valence-electron chi connectivity index (χ2n) is 7.27. The molecule has 0 saturated heterocycles. The number of rotatable bonds is 13. The highest BCUT2D eigenvalue weighted by atomic mass is 31.2. The Morgan fingerprint density at radius 2 is 1.47 bits per heavy atom. The Bertz CT molecular complexity index is 802. The van der Waals surface area contributed by atoms with Gasteiger partial charge in [-0.25, -0.2) is 0 Å². The average Bonchev–Trinajstić information content (AvgIpc) is 2.75. The molecule has 0 aromatic heterocycles. The van der Waals surface area contributed by atoms with E-state index in [2.05, 4.69) is 17.4 Å². The van der Waals surface area contributed by atoms with Gasteiger partial charge in [0.05, 0.1) is 13.2 Å². The zero-order valence-electron chi connectivity index (χ0n) is 18.3. The van der Waals surface area contributed by atoms with Crippen LogP contribution in [0.4, 0.5) is 0 Å². The van der Waals surface area contributed by atoms with Crippen LogP contribution in [0.3, 0.4) is 0 Å². The molecule has 0 aliphatic carbocycles. The van der Waals surface area contributed by atoms with Crippen LogP contribution in [0.5, 0.6) is 0 Å². The average molecular weight is 432 g/mol. The van der Waals surface area contributed by atoms with Crippen molar-refractivity contribution in [2.45, 2.75) is 58.2 Å². The molecule has 1 atom stereocenters. The van der Waals surface area contributed by atoms with Gasteiger partial charge >= 0.3 is 7.60 Å². The fourth-order valence-corrected chi connectivity index (χ4v) is 6.15. The first kappa shape index (κ1) is 24.3. The van der Waals surface area contributed by atoms with Crippen LogP contribution in [0.2, 0.25) is 0 Å². The third-order valence-corrected chi connectivity index (χ3v) is 7.87. The monoisotopic (exact) mass is 431 g/mol. The van der Waals surface area contributed by atoms with Gasteiger partial charge in [0.2, 0.25) is 0 Å². The van der Waals surface area contributed by atoms with E-state index < -0.39 is 12.9 Å². The maximum absolute atomic E-state index is 14.0. The molecular formula is C24H34NO4P. The SMILES string of the molecule is CCC[C@@](CCCc1ccccc1)(NC(=O)c1ccccc1)P(=O)(OCC)OCC. The molecule has 5 nitrogen and oxygen atoms in total. The number of benzene rings is 2. The van der Waals surface area contributed by atoms with Crippen molar-refractivity contribution in [2.24, 2.45) is 0 Å². The van der Waals surface area contributed by atoms with Gasteiger partial charge < -0.3 is 14.4 Å². The van der Waals surface area contributed by atoms with E-state index in [0.29, 0.717) is 18.4 Å². The first-order valence-electron chi connectivity index (χ1n) is 10.8. The minimum Gasteiger partial charge on any atom is -0.335 e. The lowest BCUT2D eigenvalue weighted by Crippen LogP contribution is -2.49. The number of aryl methyl sites for hydroxylation is 1. The summed E-state index contributed by atoms with van der Waals surface area (Å²) in [7, 11) is -3.60. The fraction of sp³-hybridized carbons (Fsp3) is 0.458. The third-order valence-electron chi connectivity index (χ3n) is 5.07. The van der Waals surface area contributed by atoms with Crippen LogP contribution >= 0.6 is 7.60 Å². The van der Waals surface area contributed by atoms with E-state index in [0.717, 1.165) is 19.3 Å². The summed E-state index contributed by atoms with van der Waals surface area (Å²) in [6.45, 7) is 6.12. The molecule has 0 heterocycles. The Morgan fingerprint density at radius 3 is 2.00 bits per heavy atom. The maximum Gasteiger partial charge on any atom is 0.355 e. The highest BCUT2D eigenvalue weighted by Crippen LogP contribution is 2.62. The molecule has 0 unspecified atom stereocenters. The molecule has 30 heavy (non-hydrogen) atoms. The first-order valence-corrected chi connectivity index (χ1v) is 12.3. The van der Waals surface area contributed by atoms with E-state index in [9.17, 15) is 9.36 Å². The van der Waals surface area contributed by atoms with E-state index in [1.807, 2.05) is 43.3 Å². The van der Waals surface area contributed by atoms with Gasteiger partial charge in [0, 0.05) is 5.56 Å². The van der Waals surface area contributed by atoms with Crippen molar-refractivity contribution in [3.63, 3.8) is 0 Å². The number of nitrogens with one attached hydrogen (secondary N) is 1. The number of carbonyl (C=O) groups is 1. The highest BCUT2D eigenvalue weighted by Gasteiger charge is 2.51. The lowest BCUT2D eigenvalue weighted by atomic mass is 10.0. The molecule has 0 fully saturated rings. The van der Waals surface area contributed by atoms with E-state index in [4.69, 9.17) is 9.05 Å². The summed E-state index contributed by atoms with van der Waals surface area (Å²) >= 11 is 0.